The number of nitrogen functional groups attached to an aromatic ring is 5. The molecule has 778 valence electrons. The van der Waals surface area contributed by atoms with Crippen LogP contribution in [0.1, 0.15) is 146 Å². The number of H-pyrrole nitrogens is 3. The molecule has 64 nitrogen and oxygen atoms in total. The van der Waals surface area contributed by atoms with Gasteiger partial charge in [-0.3, -0.25) is 121 Å². The highest BCUT2D eigenvalue weighted by Gasteiger charge is 2.53. The molecule has 6 fully saturated rings. The van der Waals surface area contributed by atoms with Crippen LogP contribution in [0.15, 0.2) is 84.8 Å². The van der Waals surface area contributed by atoms with Crippen molar-refractivity contribution in [2.24, 2.45) is 5.73 Å². The molecule has 6 unspecified atom stereocenters. The minimum atomic E-state index is -5.70. The highest BCUT2D eigenvalue weighted by atomic mass is 31.2. The van der Waals surface area contributed by atoms with Gasteiger partial charge in [-0.25, -0.2) is 66.7 Å². The minimum absolute atomic E-state index is 0.0173. The van der Waals surface area contributed by atoms with E-state index in [9.17, 15) is 95.1 Å². The maximum Gasteiger partial charge on any atom is 0.472 e. The first kappa shape index (κ1) is 106. The molecule has 9 aromatic rings. The second-order valence-electron chi connectivity index (χ2n) is 33.2. The largest absolute Gasteiger partial charge is 0.480 e. The summed E-state index contributed by atoms with van der Waals surface area (Å²) in [7, 11) is -32.8. The molecule has 0 radical (unpaired) electrons. The summed E-state index contributed by atoms with van der Waals surface area (Å²) in [6.45, 7) is -5.01. The number of phosphoric acid groups is 6. The van der Waals surface area contributed by atoms with Gasteiger partial charge in [-0.05, 0) is 31.9 Å². The second-order valence-corrected chi connectivity index (χ2v) is 41.6. The number of hydrogen-bond acceptors (Lipinski definition) is 47. The fraction of sp³-hybridized carbons (Fsp3) is 0.597. The van der Waals surface area contributed by atoms with E-state index in [0.717, 1.165) is 88.2 Å². The molecule has 142 heavy (non-hydrogen) atoms. The summed E-state index contributed by atoms with van der Waals surface area (Å²) in [6, 6.07) is 2.37. The number of imidazole rings is 3. The summed E-state index contributed by atoms with van der Waals surface area (Å²) in [5, 5.41) is 11.1. The average molecular weight is 2130 g/mol. The van der Waals surface area contributed by atoms with Gasteiger partial charge >= 0.3 is 70.0 Å². The number of ether oxygens (including phenoxy) is 6. The van der Waals surface area contributed by atoms with Crippen LogP contribution in [0, 0.1) is 6.92 Å². The van der Waals surface area contributed by atoms with E-state index in [2.05, 4.69) is 65.1 Å². The molecule has 23 N–H and O–H groups in total. The molecule has 0 bridgehead atoms. The zero-order valence-electron chi connectivity index (χ0n) is 74.6. The Bertz CT molecular complexity index is 6770. The molecular weight excluding hydrogens is 2020 g/mol. The Morgan fingerprint density at radius 2 is 0.761 bits per heavy atom. The number of aryl methyl sites for hydroxylation is 1. The average Bonchev–Trinajstić information content (AvgIpc) is 1.63. The highest BCUT2D eigenvalue weighted by molar-refractivity contribution is 7.48. The highest BCUT2D eigenvalue weighted by Crippen LogP contribution is 2.58. The predicted molar refractivity (Wildman–Crippen MR) is 478 cm³/mol. The lowest BCUT2D eigenvalue weighted by Gasteiger charge is -2.26. The first-order valence-corrected chi connectivity index (χ1v) is 52.7. The number of nitrogens with one attached hydrogen (secondary N) is 4. The third-order valence-corrected chi connectivity index (χ3v) is 29.3. The summed E-state index contributed by atoms with van der Waals surface area (Å²) in [6.07, 6.45) is -16.0. The minimum Gasteiger partial charge on any atom is -0.480 e. The van der Waals surface area contributed by atoms with Gasteiger partial charge in [0.1, 0.15) is 135 Å². The molecule has 0 aromatic carbocycles. The fourth-order valence-electron chi connectivity index (χ4n) is 16.4. The number of aromatic amines is 3. The van der Waals surface area contributed by atoms with Crippen LogP contribution in [0.25, 0.3) is 33.5 Å². The molecule has 0 spiro atoms. The van der Waals surface area contributed by atoms with Crippen LogP contribution < -0.4 is 73.5 Å². The predicted octanol–water partition coefficient (Wildman–Crippen LogP) is 0.175. The number of carbonyl (C=O) groups excluding carboxylic acids is 1. The van der Waals surface area contributed by atoms with Crippen molar-refractivity contribution >= 4 is 122 Å². The third-order valence-electron chi connectivity index (χ3n) is 23.2. The Morgan fingerprint density at radius 1 is 0.423 bits per heavy atom. The molecule has 6 saturated heterocycles. The molecule has 70 heteroatoms. The lowest BCUT2D eigenvalue weighted by molar-refractivity contribution is -0.138. The summed E-state index contributed by atoms with van der Waals surface area (Å²) < 4.78 is 196. The summed E-state index contributed by atoms with van der Waals surface area (Å²) in [5.41, 5.74) is 29.6. The van der Waals surface area contributed by atoms with Gasteiger partial charge in [0.05, 0.1) is 64.7 Å². The molecule has 0 saturated carbocycles. The number of nitrogens with zero attached hydrogens (tertiary/aromatic N) is 15. The number of carbonyl (C=O) groups is 2. The van der Waals surface area contributed by atoms with Gasteiger partial charge in [0, 0.05) is 75.6 Å². The van der Waals surface area contributed by atoms with Crippen LogP contribution in [0.4, 0.5) is 29.4 Å². The molecule has 24 atom stereocenters. The number of nitrogens with two attached hydrogens (primary N) is 6. The number of hydrogen-bond donors (Lipinski definition) is 17. The molecule has 1 amide bonds. The topological polar surface area (TPSA) is 908 Å². The van der Waals surface area contributed by atoms with E-state index in [1.165, 1.54) is 40.7 Å². The Kier molecular flexibility index (Phi) is 33.6. The maximum atomic E-state index is 14.6. The molecule has 6 aliphatic heterocycles. The van der Waals surface area contributed by atoms with Gasteiger partial charge in [-0.1, -0.05) is 44.9 Å². The van der Waals surface area contributed by atoms with Crippen LogP contribution in [0.3, 0.4) is 0 Å². The van der Waals surface area contributed by atoms with E-state index in [1.54, 1.807) is 0 Å². The van der Waals surface area contributed by atoms with E-state index in [-0.39, 0.29) is 101 Å². The van der Waals surface area contributed by atoms with Gasteiger partial charge in [0.25, 0.3) is 16.7 Å². The quantitative estimate of drug-likeness (QED) is 0.0179. The van der Waals surface area contributed by atoms with E-state index in [1.807, 2.05) is 0 Å². The van der Waals surface area contributed by atoms with Crippen LogP contribution >= 0.6 is 46.9 Å². The summed E-state index contributed by atoms with van der Waals surface area (Å²) in [4.78, 5) is 212. The SMILES string of the molecule is Cc1cn([C@H]2C[C@H](OP(=O)(O)OC[C@H]3O[C@@H](n4cnc5c(=O)[nH]c(N)nc54)C[C@@H]3OP(=O)(O)OC[C@H]3O[C@@H](n4ccc(N)nc4=O)C[C@@H]3OP(=O)(O)OC[C@H]3O[C@@H](n4cnc5c(=O)[nH]c(N)nc54)C[C@@H]3OP(=O)(O)OC[C@H]3O[C@@H](n4ccc(N)nc4=O)C[C@@H]3OP(=O)(O)OC[C@H]3O[C@@H](n4cnc5c(N)ncnc54)C[C@@H]3OP(=O)(O)OCCCCCCCCCCCC(=O)NCC(=O)O)[C@@H](CN)O2)c(=O)[nH]c1=O. The molecular formula is C72H101N25O39P6. The van der Waals surface area contributed by atoms with Gasteiger partial charge in [-0.2, -0.15) is 19.9 Å². The normalized spacial score (nSPS) is 27.3. The molecule has 15 rings (SSSR count). The van der Waals surface area contributed by atoms with Gasteiger partial charge in [0.15, 0.2) is 33.8 Å². The molecule has 6 aliphatic rings. The standard InChI is InChI=1S/C72H101N25O39P6/c1-35-25-94(72(106)91-65(35)101)53-17-36(42(23-73)125-53)131-138(109,110)120-29-46-40(21-55(129-46)96-33-83-59-63(96)87-68(77)89-66(59)102)135-141(115,116)121-27-44-38(19-52(127-44)93-15-13-49(75)86-71(93)105)134-140(113,114)124-30-47-41(22-56(130-47)97-34-84-60-64(97)88-69(78)90-67(60)103)136-142(117,118)122-26-43-37(18-51(126-43)92-14-12-48(74)85-70(92)104)133-139(111,112)123-28-45-39(20-54(128-45)95-32-82-58-61(76)80-31-81-62(58)95)132-137(107,108)119-16-10-8-6-4-2-3-5-7-9-11-50(98)79-24-57(99)100/h12-15,25,31-34,36-47,51-56H,2-11,16-24,26-30,73H2,1H3,(H,79,98)(H,99,100)(H,107,108)(H,109,110)(H,111,112)(H,113,114)(H,115,116)(H,117,118)(H2,74,85,104)(H2,75,86,105)(H2,76,80,81)(H,91,101,106)(H3,77,87,89,102)(H3,78,88,90,103)/t36-,37-,38-,39-,40-,41-,42+,43+,44+,45+,46+,47+,51+,52+,53+,54+,55+,56+/m0/s1. The van der Waals surface area contributed by atoms with Crippen LogP contribution in [-0.2, 0) is 120 Å². The van der Waals surface area contributed by atoms with Crippen molar-refractivity contribution in [2.45, 2.75) is 220 Å². The molecule has 0 aliphatic carbocycles. The smallest absolute Gasteiger partial charge is 0.472 e. The van der Waals surface area contributed by atoms with Crippen molar-refractivity contribution in [1.29, 1.82) is 0 Å². The monoisotopic (exact) mass is 2130 g/mol. The number of fused-ring (bicyclic) bond motifs is 3. The Balaban J connectivity index is 0.611. The molecule has 9 aromatic heterocycles. The van der Waals surface area contributed by atoms with Crippen molar-refractivity contribution in [3.63, 3.8) is 0 Å². The van der Waals surface area contributed by atoms with Crippen molar-refractivity contribution in [2.75, 3.05) is 81.4 Å². The summed E-state index contributed by atoms with van der Waals surface area (Å²) in [5.74, 6) is -2.78. The first-order valence-electron chi connectivity index (χ1n) is 43.7. The Morgan fingerprint density at radius 3 is 1.14 bits per heavy atom. The van der Waals surface area contributed by atoms with E-state index in [0.29, 0.717) is 19.3 Å². The lowest BCUT2D eigenvalue weighted by atomic mass is 10.1. The number of rotatable bonds is 49. The lowest BCUT2D eigenvalue weighted by Crippen LogP contribution is -2.34. The van der Waals surface area contributed by atoms with Crippen molar-refractivity contribution in [1.82, 2.24) is 92.5 Å². The van der Waals surface area contributed by atoms with Crippen molar-refractivity contribution in [3.05, 3.63) is 124 Å². The Hall–Kier alpha value is -9.99. The summed E-state index contributed by atoms with van der Waals surface area (Å²) >= 11 is 0. The van der Waals surface area contributed by atoms with E-state index < -0.39 is 268 Å². The third kappa shape index (κ3) is 26.8. The van der Waals surface area contributed by atoms with Gasteiger partial charge in [0.2, 0.25) is 17.8 Å². The number of phosphoric ester groups is 6. The number of carboxylic acid groups (broad SMARTS) is 1. The number of carboxylic acids is 1. The second kappa shape index (κ2) is 44.9. The van der Waals surface area contributed by atoms with Crippen molar-refractivity contribution < 1.29 is 154 Å². The molecule has 15 heterocycles. The number of aromatic nitrogens is 18. The van der Waals surface area contributed by atoms with Crippen molar-refractivity contribution in [3.8, 4) is 0 Å². The maximum absolute atomic E-state index is 14.6. The van der Waals surface area contributed by atoms with Gasteiger partial charge < -0.3 is 103 Å². The van der Waals surface area contributed by atoms with Crippen LogP contribution in [-0.4, -0.2) is 260 Å². The Labute approximate surface area is 796 Å². The van der Waals surface area contributed by atoms with E-state index in [4.69, 9.17) is 122 Å². The van der Waals surface area contributed by atoms with E-state index >= 15 is 0 Å². The zero-order chi connectivity index (χ0) is 102. The number of unbranched alkanes of at least 4 members (excludes halogenated alkanes) is 8. The number of amides is 1. The van der Waals surface area contributed by atoms with Gasteiger partial charge in [-0.15, -0.1) is 0 Å². The number of anilines is 5. The fourth-order valence-corrected chi connectivity index (χ4v) is 22.2. The number of aliphatic carboxylic acids is 1. The van der Waals surface area contributed by atoms with Crippen LogP contribution in [0.5, 0.6) is 0 Å². The first-order chi connectivity index (χ1) is 67.3. The zero-order valence-corrected chi connectivity index (χ0v) is 80.0. The van der Waals surface area contributed by atoms with Crippen LogP contribution in [0.2, 0.25) is 0 Å².